The van der Waals surface area contributed by atoms with Crippen molar-refractivity contribution in [2.45, 2.75) is 18.4 Å². The minimum Gasteiger partial charge on any atom is -0.337 e. The normalized spacial score (nSPS) is 12.7. The number of fused-ring (bicyclic) bond motifs is 1. The molecule has 0 amide bonds. The van der Waals surface area contributed by atoms with E-state index in [4.69, 9.17) is 11.8 Å². The quantitative estimate of drug-likeness (QED) is 0.355. The molecule has 0 aliphatic carbocycles. The number of halogens is 2. The molecule has 9 nitrogen and oxygen atoms in total. The fourth-order valence-corrected chi connectivity index (χ4v) is 4.89. The summed E-state index contributed by atoms with van der Waals surface area (Å²) in [5.41, 5.74) is 3.77. The molecule has 0 saturated heterocycles. The van der Waals surface area contributed by atoms with Crippen LogP contribution in [0.4, 0.5) is 4.39 Å². The van der Waals surface area contributed by atoms with Crippen LogP contribution >= 0.6 is 11.8 Å². The Bertz CT molecular complexity index is 1460. The van der Waals surface area contributed by atoms with Gasteiger partial charge in [-0.15, -0.1) is 10.2 Å². The van der Waals surface area contributed by atoms with Crippen LogP contribution in [0.1, 0.15) is 5.69 Å². The van der Waals surface area contributed by atoms with Gasteiger partial charge in [-0.2, -0.15) is 5.21 Å². The Hall–Kier alpha value is -3.12. The molecule has 0 bridgehead atoms. The number of nitrogens with zero attached hydrogens (tertiary/aromatic N) is 5. The van der Waals surface area contributed by atoms with E-state index in [1.54, 1.807) is 18.2 Å². The molecule has 4 aromatic rings. The first kappa shape index (κ1) is 24.0. The number of aromatic nitrogens is 5. The number of hydrogen-bond acceptors (Lipinski definition) is 6. The molecule has 2 N–H and O–H groups in total. The van der Waals surface area contributed by atoms with Crippen molar-refractivity contribution in [2.75, 3.05) is 20.6 Å². The highest BCUT2D eigenvalue weighted by Crippen LogP contribution is 2.38. The average molecular weight is 504 g/mol. The van der Waals surface area contributed by atoms with E-state index in [9.17, 15) is 12.8 Å². The lowest BCUT2D eigenvalue weighted by Gasteiger charge is -2.13. The molecule has 0 saturated carbocycles. The maximum Gasteiger partial charge on any atom is 0.242 e. The van der Waals surface area contributed by atoms with Gasteiger partial charge in [-0.3, -0.25) is 0 Å². The monoisotopic (exact) mass is 503 g/mol. The van der Waals surface area contributed by atoms with Crippen LogP contribution in [0.5, 0.6) is 0 Å². The molecule has 0 aliphatic heterocycles. The SMILES string of the molecule is Cc1c(-c2cccc(S(=O)(=O)N(C)C)c2)c2cc(-c3nn[nH]n3)ccc2n1C/C(F)=C/CNCl. The largest absolute Gasteiger partial charge is 0.337 e. The number of rotatable bonds is 8. The number of hydrogen-bond donors (Lipinski definition) is 2. The summed E-state index contributed by atoms with van der Waals surface area (Å²) in [6, 6.07) is 12.3. The van der Waals surface area contributed by atoms with E-state index in [2.05, 4.69) is 25.5 Å². The Balaban J connectivity index is 1.95. The van der Waals surface area contributed by atoms with Crippen molar-refractivity contribution in [1.82, 2.24) is 34.3 Å². The van der Waals surface area contributed by atoms with Crippen molar-refractivity contribution < 1.29 is 12.8 Å². The summed E-state index contributed by atoms with van der Waals surface area (Å²) in [5.74, 6) is 0.0623. The van der Waals surface area contributed by atoms with Crippen LogP contribution in [-0.2, 0) is 16.6 Å². The highest BCUT2D eigenvalue weighted by molar-refractivity contribution is 7.89. The second-order valence-corrected chi connectivity index (χ2v) is 10.2. The summed E-state index contributed by atoms with van der Waals surface area (Å²) in [7, 11) is -0.660. The van der Waals surface area contributed by atoms with Gasteiger partial charge in [0.25, 0.3) is 0 Å². The summed E-state index contributed by atoms with van der Waals surface area (Å²) in [5, 5.41) is 15.0. The number of tetrazole rings is 1. The Morgan fingerprint density at radius 3 is 2.71 bits per heavy atom. The molecular weight excluding hydrogens is 481 g/mol. The molecule has 0 radical (unpaired) electrons. The van der Waals surface area contributed by atoms with Crippen LogP contribution in [0.25, 0.3) is 33.4 Å². The second-order valence-electron chi connectivity index (χ2n) is 7.82. The molecule has 0 fully saturated rings. The van der Waals surface area contributed by atoms with Gasteiger partial charge in [-0.05, 0) is 65.9 Å². The summed E-state index contributed by atoms with van der Waals surface area (Å²) in [6.45, 7) is 2.06. The van der Waals surface area contributed by atoms with Crippen molar-refractivity contribution in [3.05, 3.63) is 60.1 Å². The van der Waals surface area contributed by atoms with E-state index in [1.807, 2.05) is 35.8 Å². The number of aromatic amines is 1. The maximum atomic E-state index is 14.6. The topological polar surface area (TPSA) is 109 Å². The molecule has 0 spiro atoms. The lowest BCUT2D eigenvalue weighted by Crippen LogP contribution is -2.22. The highest BCUT2D eigenvalue weighted by atomic mass is 35.5. The van der Waals surface area contributed by atoms with Crippen molar-refractivity contribution in [3.8, 4) is 22.5 Å². The van der Waals surface area contributed by atoms with Gasteiger partial charge in [-0.25, -0.2) is 21.9 Å². The molecule has 178 valence electrons. The predicted octanol–water partition coefficient (Wildman–Crippen LogP) is 3.64. The van der Waals surface area contributed by atoms with Crippen LogP contribution in [0.15, 0.2) is 59.3 Å². The van der Waals surface area contributed by atoms with E-state index in [0.29, 0.717) is 11.4 Å². The van der Waals surface area contributed by atoms with Gasteiger partial charge in [0, 0.05) is 48.4 Å². The lowest BCUT2D eigenvalue weighted by atomic mass is 10.0. The van der Waals surface area contributed by atoms with Gasteiger partial charge < -0.3 is 4.57 Å². The van der Waals surface area contributed by atoms with Gasteiger partial charge >= 0.3 is 0 Å². The summed E-state index contributed by atoms with van der Waals surface area (Å²) < 4.78 is 43.1. The fraction of sp³-hybridized carbons (Fsp3) is 0.227. The van der Waals surface area contributed by atoms with Gasteiger partial charge in [-0.1, -0.05) is 12.1 Å². The summed E-state index contributed by atoms with van der Waals surface area (Å²) in [6.07, 6.45) is 1.37. The number of H-pyrrole nitrogens is 1. The van der Waals surface area contributed by atoms with Gasteiger partial charge in [0.2, 0.25) is 15.8 Å². The van der Waals surface area contributed by atoms with Crippen LogP contribution in [-0.4, -0.2) is 58.6 Å². The number of allylic oxidation sites excluding steroid dienone is 1. The Kier molecular flexibility index (Phi) is 6.80. The molecular formula is C22H23ClFN7O2S. The molecule has 4 rings (SSSR count). The van der Waals surface area contributed by atoms with E-state index in [1.165, 1.54) is 24.5 Å². The number of nitrogens with one attached hydrogen (secondary N) is 2. The zero-order valence-corrected chi connectivity index (χ0v) is 20.3. The first-order valence-corrected chi connectivity index (χ1v) is 12.1. The standard InChI is InChI=1S/C22H23ClFN7O2S/c1-14-21(15-5-4-6-18(11-15)34(32,33)30(2)3)19-12-16(22-26-28-29-27-22)7-8-20(19)31(14)13-17(24)9-10-25-23/h4-9,11-12,25H,10,13H2,1-3H3,(H,26,27,28,29)/b17-9-. The molecule has 12 heteroatoms. The smallest absolute Gasteiger partial charge is 0.242 e. The Morgan fingerprint density at radius 1 is 1.24 bits per heavy atom. The Labute approximate surface area is 201 Å². The van der Waals surface area contributed by atoms with E-state index in [0.717, 1.165) is 27.7 Å². The van der Waals surface area contributed by atoms with E-state index >= 15 is 0 Å². The van der Waals surface area contributed by atoms with E-state index < -0.39 is 10.0 Å². The third-order valence-electron chi connectivity index (χ3n) is 5.54. The molecule has 2 aromatic heterocycles. The van der Waals surface area contributed by atoms with Crippen LogP contribution in [0.3, 0.4) is 0 Å². The molecule has 0 atom stereocenters. The summed E-state index contributed by atoms with van der Waals surface area (Å²) >= 11 is 5.46. The maximum absolute atomic E-state index is 14.6. The van der Waals surface area contributed by atoms with Crippen LogP contribution in [0.2, 0.25) is 0 Å². The van der Waals surface area contributed by atoms with Crippen molar-refractivity contribution >= 4 is 32.7 Å². The van der Waals surface area contributed by atoms with Crippen molar-refractivity contribution in [2.24, 2.45) is 0 Å². The molecule has 34 heavy (non-hydrogen) atoms. The first-order chi connectivity index (χ1) is 16.2. The van der Waals surface area contributed by atoms with Gasteiger partial charge in [0.05, 0.1) is 11.4 Å². The highest BCUT2D eigenvalue weighted by Gasteiger charge is 2.21. The van der Waals surface area contributed by atoms with Crippen LogP contribution in [0, 0.1) is 6.92 Å². The van der Waals surface area contributed by atoms with Gasteiger partial charge in [0.15, 0.2) is 0 Å². The van der Waals surface area contributed by atoms with Gasteiger partial charge in [0.1, 0.15) is 5.83 Å². The molecule has 0 unspecified atom stereocenters. The summed E-state index contributed by atoms with van der Waals surface area (Å²) in [4.78, 5) is 2.55. The molecule has 0 aliphatic rings. The predicted molar refractivity (Wildman–Crippen MR) is 129 cm³/mol. The lowest BCUT2D eigenvalue weighted by molar-refractivity contribution is 0.521. The second kappa shape index (κ2) is 9.63. The molecule has 2 heterocycles. The van der Waals surface area contributed by atoms with E-state index in [-0.39, 0.29) is 23.8 Å². The van der Waals surface area contributed by atoms with Crippen molar-refractivity contribution in [3.63, 3.8) is 0 Å². The average Bonchev–Trinajstić information content (AvgIpc) is 3.44. The number of sulfonamides is 1. The van der Waals surface area contributed by atoms with Crippen LogP contribution < -0.4 is 4.84 Å². The number of benzene rings is 2. The molecule has 2 aromatic carbocycles. The fourth-order valence-electron chi connectivity index (χ4n) is 3.86. The zero-order valence-electron chi connectivity index (χ0n) is 18.7. The minimum atomic E-state index is -3.63. The Morgan fingerprint density at radius 2 is 2.03 bits per heavy atom. The zero-order chi connectivity index (χ0) is 24.5. The van der Waals surface area contributed by atoms with Crippen molar-refractivity contribution in [1.29, 1.82) is 0 Å². The third kappa shape index (κ3) is 4.47. The first-order valence-electron chi connectivity index (χ1n) is 10.3. The minimum absolute atomic E-state index is 0.00184. The third-order valence-corrected chi connectivity index (χ3v) is 7.50.